The lowest BCUT2D eigenvalue weighted by Crippen LogP contribution is -2.47. The zero-order valence-corrected chi connectivity index (χ0v) is 16.2. The van der Waals surface area contributed by atoms with Gasteiger partial charge in [-0.15, -0.1) is 0 Å². The molecule has 0 aromatic heterocycles. The Bertz CT molecular complexity index is 757. The molecule has 1 aromatic carbocycles. The molecule has 1 N–H and O–H groups in total. The molecular weight excluding hydrogens is 368 g/mol. The van der Waals surface area contributed by atoms with Crippen molar-refractivity contribution in [3.63, 3.8) is 0 Å². The minimum atomic E-state index is -3.61. The van der Waals surface area contributed by atoms with Crippen molar-refractivity contribution in [3.05, 3.63) is 35.9 Å². The van der Waals surface area contributed by atoms with Crippen LogP contribution in [0.2, 0.25) is 0 Å². The number of carbonyl (C=O) groups is 2. The summed E-state index contributed by atoms with van der Waals surface area (Å²) in [7, 11) is -3.61. The van der Waals surface area contributed by atoms with Gasteiger partial charge in [0, 0.05) is 44.6 Å². The highest BCUT2D eigenvalue weighted by Crippen LogP contribution is 2.34. The van der Waals surface area contributed by atoms with Gasteiger partial charge in [-0.05, 0) is 24.8 Å². The molecule has 2 saturated heterocycles. The summed E-state index contributed by atoms with van der Waals surface area (Å²) in [5.74, 6) is -0.843. The summed E-state index contributed by atoms with van der Waals surface area (Å²) in [5.41, 5.74) is 0.793. The minimum absolute atomic E-state index is 0.0888. The van der Waals surface area contributed by atoms with E-state index in [0.29, 0.717) is 32.5 Å². The van der Waals surface area contributed by atoms with Crippen molar-refractivity contribution in [1.82, 2.24) is 9.62 Å². The van der Waals surface area contributed by atoms with Gasteiger partial charge in [0.1, 0.15) is 0 Å². The highest BCUT2D eigenvalue weighted by atomic mass is 32.2. The lowest BCUT2D eigenvalue weighted by molar-refractivity contribution is -0.147. The maximum Gasteiger partial charge on any atom is 0.229 e. The van der Waals surface area contributed by atoms with Crippen LogP contribution in [-0.4, -0.2) is 57.2 Å². The predicted octanol–water partition coefficient (Wildman–Crippen LogP) is 1.19. The molecule has 1 aromatic rings. The molecule has 3 rings (SSSR count). The Hall–Kier alpha value is -1.77. The summed E-state index contributed by atoms with van der Waals surface area (Å²) in [6, 6.07) is 9.88. The van der Waals surface area contributed by atoms with E-state index in [1.807, 2.05) is 30.3 Å². The van der Waals surface area contributed by atoms with Crippen LogP contribution in [0.3, 0.4) is 0 Å². The molecule has 0 aliphatic carbocycles. The number of benzene rings is 1. The summed E-state index contributed by atoms with van der Waals surface area (Å²) in [6.45, 7) is 1.37. The van der Waals surface area contributed by atoms with Gasteiger partial charge >= 0.3 is 0 Å². The molecule has 0 atom stereocenters. The standard InChI is InChI=1S/C19H26N2O5S/c22-17-7-4-8-18(23)21(17)11-14-27(24,25)20-15-19(9-12-26-13-10-19)16-5-2-1-3-6-16/h1-3,5-6,20H,4,7-15H2. The van der Waals surface area contributed by atoms with Crippen molar-refractivity contribution >= 4 is 21.8 Å². The Balaban J connectivity index is 1.64. The third-order valence-corrected chi connectivity index (χ3v) is 6.74. The Kier molecular flexibility index (Phi) is 6.29. The number of imide groups is 1. The second-order valence-electron chi connectivity index (χ2n) is 7.19. The number of ether oxygens (including phenoxy) is 1. The smallest absolute Gasteiger partial charge is 0.229 e. The molecule has 0 bridgehead atoms. The maximum atomic E-state index is 12.5. The van der Waals surface area contributed by atoms with Crippen molar-refractivity contribution in [1.29, 1.82) is 0 Å². The van der Waals surface area contributed by atoms with Gasteiger partial charge in [-0.3, -0.25) is 14.5 Å². The van der Waals surface area contributed by atoms with Crippen LogP contribution in [0.15, 0.2) is 30.3 Å². The topological polar surface area (TPSA) is 92.8 Å². The fraction of sp³-hybridized carbons (Fsp3) is 0.579. The van der Waals surface area contributed by atoms with Crippen molar-refractivity contribution < 1.29 is 22.7 Å². The molecule has 2 heterocycles. The number of amides is 2. The summed E-state index contributed by atoms with van der Waals surface area (Å²) in [4.78, 5) is 24.8. The first-order valence-corrected chi connectivity index (χ1v) is 11.0. The number of nitrogens with zero attached hydrogens (tertiary/aromatic N) is 1. The molecule has 27 heavy (non-hydrogen) atoms. The Labute approximate surface area is 160 Å². The predicted molar refractivity (Wildman–Crippen MR) is 101 cm³/mol. The summed E-state index contributed by atoms with van der Waals surface area (Å²) >= 11 is 0. The molecule has 148 valence electrons. The molecule has 2 amide bonds. The molecule has 2 aliphatic rings. The average molecular weight is 394 g/mol. The van der Waals surface area contributed by atoms with E-state index in [1.54, 1.807) is 0 Å². The van der Waals surface area contributed by atoms with Gasteiger partial charge in [-0.2, -0.15) is 0 Å². The SMILES string of the molecule is O=C1CCCC(=O)N1CCS(=O)(=O)NCC1(c2ccccc2)CCOCC1. The fourth-order valence-corrected chi connectivity index (χ4v) is 4.77. The van der Waals surface area contributed by atoms with Crippen molar-refractivity contribution in [2.45, 2.75) is 37.5 Å². The van der Waals surface area contributed by atoms with E-state index in [1.165, 1.54) is 0 Å². The normalized spacial score (nSPS) is 20.7. The lowest BCUT2D eigenvalue weighted by atomic mass is 9.74. The van der Waals surface area contributed by atoms with Gasteiger partial charge in [-0.25, -0.2) is 13.1 Å². The molecule has 2 fully saturated rings. The van der Waals surface area contributed by atoms with Crippen LogP contribution in [0.4, 0.5) is 0 Å². The number of hydrogen-bond acceptors (Lipinski definition) is 5. The quantitative estimate of drug-likeness (QED) is 0.702. The van der Waals surface area contributed by atoms with Crippen LogP contribution in [0, 0.1) is 0 Å². The van der Waals surface area contributed by atoms with Gasteiger partial charge in [-0.1, -0.05) is 30.3 Å². The average Bonchev–Trinajstić information content (AvgIpc) is 2.68. The van der Waals surface area contributed by atoms with Crippen molar-refractivity contribution in [2.75, 3.05) is 32.1 Å². The zero-order chi connectivity index (χ0) is 19.3. The third kappa shape index (κ3) is 4.94. The Morgan fingerprint density at radius 1 is 1.04 bits per heavy atom. The van der Waals surface area contributed by atoms with Gasteiger partial charge in [0.2, 0.25) is 21.8 Å². The minimum Gasteiger partial charge on any atom is -0.381 e. The summed E-state index contributed by atoms with van der Waals surface area (Å²) in [6.07, 6.45) is 2.62. The largest absolute Gasteiger partial charge is 0.381 e. The lowest BCUT2D eigenvalue weighted by Gasteiger charge is -2.38. The monoisotopic (exact) mass is 394 g/mol. The van der Waals surface area contributed by atoms with E-state index in [9.17, 15) is 18.0 Å². The third-order valence-electron chi connectivity index (χ3n) is 5.43. The van der Waals surface area contributed by atoms with Crippen LogP contribution in [0.25, 0.3) is 0 Å². The Morgan fingerprint density at radius 2 is 1.67 bits per heavy atom. The van der Waals surface area contributed by atoms with Gasteiger partial charge in [0.15, 0.2) is 0 Å². The first-order valence-electron chi connectivity index (χ1n) is 9.36. The second kappa shape index (κ2) is 8.50. The maximum absolute atomic E-state index is 12.5. The molecule has 8 heteroatoms. The number of carbonyl (C=O) groups excluding carboxylic acids is 2. The number of nitrogens with one attached hydrogen (secondary N) is 1. The van der Waals surface area contributed by atoms with Crippen LogP contribution < -0.4 is 4.72 Å². The van der Waals surface area contributed by atoms with E-state index >= 15 is 0 Å². The molecule has 7 nitrogen and oxygen atoms in total. The van der Waals surface area contributed by atoms with Crippen molar-refractivity contribution in [3.8, 4) is 0 Å². The van der Waals surface area contributed by atoms with Crippen LogP contribution in [-0.2, 0) is 29.8 Å². The number of piperidine rings is 1. The first kappa shape index (κ1) is 20.0. The molecule has 0 unspecified atom stereocenters. The van der Waals surface area contributed by atoms with Crippen molar-refractivity contribution in [2.24, 2.45) is 0 Å². The molecule has 0 spiro atoms. The van der Waals surface area contributed by atoms with Gasteiger partial charge in [0.25, 0.3) is 0 Å². The second-order valence-corrected chi connectivity index (χ2v) is 9.12. The van der Waals surface area contributed by atoms with E-state index in [4.69, 9.17) is 4.74 Å². The Morgan fingerprint density at radius 3 is 2.30 bits per heavy atom. The number of likely N-dealkylation sites (tertiary alicyclic amines) is 1. The zero-order valence-electron chi connectivity index (χ0n) is 15.4. The number of sulfonamides is 1. The highest BCUT2D eigenvalue weighted by Gasteiger charge is 2.35. The molecular formula is C19H26N2O5S. The molecule has 0 radical (unpaired) electrons. The molecule has 2 aliphatic heterocycles. The fourth-order valence-electron chi connectivity index (χ4n) is 3.70. The highest BCUT2D eigenvalue weighted by molar-refractivity contribution is 7.89. The first-order chi connectivity index (χ1) is 12.9. The number of hydrogen-bond donors (Lipinski definition) is 1. The summed E-state index contributed by atoms with van der Waals surface area (Å²) < 4.78 is 33.2. The van der Waals surface area contributed by atoms with Crippen LogP contribution in [0.5, 0.6) is 0 Å². The van der Waals surface area contributed by atoms with E-state index in [2.05, 4.69) is 4.72 Å². The number of rotatable bonds is 7. The van der Waals surface area contributed by atoms with Crippen LogP contribution in [0.1, 0.15) is 37.7 Å². The van der Waals surface area contributed by atoms with E-state index in [-0.39, 0.29) is 36.1 Å². The van der Waals surface area contributed by atoms with E-state index in [0.717, 1.165) is 23.3 Å². The summed E-state index contributed by atoms with van der Waals surface area (Å²) in [5, 5.41) is 0. The van der Waals surface area contributed by atoms with E-state index < -0.39 is 10.0 Å². The van der Waals surface area contributed by atoms with Gasteiger partial charge < -0.3 is 4.74 Å². The van der Waals surface area contributed by atoms with Crippen LogP contribution >= 0.6 is 0 Å². The van der Waals surface area contributed by atoms with Gasteiger partial charge in [0.05, 0.1) is 5.75 Å². The molecule has 0 saturated carbocycles.